The summed E-state index contributed by atoms with van der Waals surface area (Å²) in [5.41, 5.74) is 0. The Kier molecular flexibility index (Phi) is 3.63. The zero-order valence-corrected chi connectivity index (χ0v) is 8.17. The van der Waals surface area contributed by atoms with Crippen LogP contribution in [0.5, 0.6) is 0 Å². The number of aliphatic hydroxyl groups is 2. The van der Waals surface area contributed by atoms with E-state index in [1.54, 1.807) is 19.0 Å². The fourth-order valence-corrected chi connectivity index (χ4v) is 1.64. The Labute approximate surface area is 77.9 Å². The molecule has 4 atom stereocenters. The first-order chi connectivity index (χ1) is 6.07. The fourth-order valence-electron chi connectivity index (χ4n) is 1.64. The van der Waals surface area contributed by atoms with Crippen LogP contribution in [-0.2, 0) is 9.47 Å². The molecule has 78 valence electrons. The van der Waals surface area contributed by atoms with Gasteiger partial charge in [-0.1, -0.05) is 0 Å². The van der Waals surface area contributed by atoms with Crippen LogP contribution in [0.15, 0.2) is 0 Å². The van der Waals surface area contributed by atoms with Crippen LogP contribution in [-0.4, -0.2) is 67.5 Å². The van der Waals surface area contributed by atoms with Crippen LogP contribution >= 0.6 is 0 Å². The van der Waals surface area contributed by atoms with E-state index in [2.05, 4.69) is 0 Å². The molecule has 0 amide bonds. The highest BCUT2D eigenvalue weighted by atomic mass is 16.7. The third kappa shape index (κ3) is 2.18. The van der Waals surface area contributed by atoms with Crippen LogP contribution in [0.1, 0.15) is 0 Å². The molecule has 1 saturated heterocycles. The molecule has 13 heavy (non-hydrogen) atoms. The topological polar surface area (TPSA) is 62.2 Å². The number of likely N-dealkylation sites (N-methyl/N-ethyl adjacent to an activating group) is 1. The minimum absolute atomic E-state index is 0.193. The van der Waals surface area contributed by atoms with Crippen LogP contribution in [0.25, 0.3) is 0 Å². The van der Waals surface area contributed by atoms with E-state index in [1.165, 1.54) is 7.11 Å². The Hall–Kier alpha value is -0.200. The largest absolute Gasteiger partial charge is 0.389 e. The van der Waals surface area contributed by atoms with E-state index in [0.717, 1.165) is 0 Å². The molecule has 0 saturated carbocycles. The Morgan fingerprint density at radius 1 is 1.38 bits per heavy atom. The maximum Gasteiger partial charge on any atom is 0.184 e. The van der Waals surface area contributed by atoms with Crippen LogP contribution < -0.4 is 0 Å². The lowest BCUT2D eigenvalue weighted by molar-refractivity contribution is -0.247. The van der Waals surface area contributed by atoms with Crippen LogP contribution in [0.2, 0.25) is 0 Å². The fraction of sp³-hybridized carbons (Fsp3) is 1.00. The molecule has 1 heterocycles. The summed E-state index contributed by atoms with van der Waals surface area (Å²) in [6.45, 7) is 0.193. The Balaban J connectivity index is 2.66. The predicted molar refractivity (Wildman–Crippen MR) is 46.2 cm³/mol. The van der Waals surface area contributed by atoms with Gasteiger partial charge in [-0.05, 0) is 14.1 Å². The molecular weight excluding hydrogens is 174 g/mol. The zero-order valence-electron chi connectivity index (χ0n) is 8.17. The van der Waals surface area contributed by atoms with Crippen molar-refractivity contribution in [3.05, 3.63) is 0 Å². The van der Waals surface area contributed by atoms with Gasteiger partial charge in [0, 0.05) is 7.11 Å². The van der Waals surface area contributed by atoms with E-state index in [4.69, 9.17) is 9.47 Å². The lowest BCUT2D eigenvalue weighted by atomic mass is 10.0. The van der Waals surface area contributed by atoms with Crippen molar-refractivity contribution >= 4 is 0 Å². The number of rotatable bonds is 2. The van der Waals surface area contributed by atoms with Gasteiger partial charge in [0.05, 0.1) is 18.8 Å². The average molecular weight is 191 g/mol. The Bertz CT molecular complexity index is 164. The highest BCUT2D eigenvalue weighted by Gasteiger charge is 2.39. The maximum absolute atomic E-state index is 9.72. The Morgan fingerprint density at radius 3 is 2.46 bits per heavy atom. The number of hydrogen-bond acceptors (Lipinski definition) is 5. The summed E-state index contributed by atoms with van der Waals surface area (Å²) in [6.07, 6.45) is -2.13. The van der Waals surface area contributed by atoms with Gasteiger partial charge in [-0.25, -0.2) is 0 Å². The third-order valence-electron chi connectivity index (χ3n) is 2.28. The first-order valence-electron chi connectivity index (χ1n) is 4.25. The highest BCUT2D eigenvalue weighted by molar-refractivity contribution is 4.88. The standard InChI is InChI=1S/C8H17NO4/c1-9(2)6-5(10)4-13-8(12-3)7(6)11/h5-8,10-11H,4H2,1-3H3/t5-,6-,7+,8-/m0/s1. The number of nitrogens with zero attached hydrogens (tertiary/aromatic N) is 1. The van der Waals surface area contributed by atoms with Crippen molar-refractivity contribution in [3.63, 3.8) is 0 Å². The quantitative estimate of drug-likeness (QED) is 0.564. The molecule has 0 aromatic heterocycles. The molecule has 0 radical (unpaired) electrons. The molecule has 0 bridgehead atoms. The van der Waals surface area contributed by atoms with E-state index < -0.39 is 18.5 Å². The summed E-state index contributed by atoms with van der Waals surface area (Å²) in [5, 5.41) is 19.3. The molecule has 1 aliphatic heterocycles. The lowest BCUT2D eigenvalue weighted by Gasteiger charge is -2.40. The van der Waals surface area contributed by atoms with Crippen LogP contribution in [0, 0.1) is 0 Å². The van der Waals surface area contributed by atoms with Gasteiger partial charge >= 0.3 is 0 Å². The molecule has 2 N–H and O–H groups in total. The monoisotopic (exact) mass is 191 g/mol. The van der Waals surface area contributed by atoms with E-state index in [1.807, 2.05) is 0 Å². The van der Waals surface area contributed by atoms with Gasteiger partial charge in [0.1, 0.15) is 6.10 Å². The summed E-state index contributed by atoms with van der Waals surface area (Å²) in [5.74, 6) is 0. The predicted octanol–water partition coefficient (Wildman–Crippen LogP) is -1.36. The summed E-state index contributed by atoms with van der Waals surface area (Å²) in [6, 6.07) is -0.335. The van der Waals surface area contributed by atoms with E-state index in [9.17, 15) is 10.2 Å². The molecular formula is C8H17NO4. The first-order valence-corrected chi connectivity index (χ1v) is 4.25. The van der Waals surface area contributed by atoms with Gasteiger partial charge in [0.25, 0.3) is 0 Å². The first kappa shape index (κ1) is 10.9. The molecule has 0 spiro atoms. The molecule has 0 aromatic carbocycles. The number of aliphatic hydroxyl groups excluding tert-OH is 2. The molecule has 1 fully saturated rings. The number of methoxy groups -OCH3 is 1. The van der Waals surface area contributed by atoms with Crippen LogP contribution in [0.3, 0.4) is 0 Å². The average Bonchev–Trinajstić information content (AvgIpc) is 2.04. The Morgan fingerprint density at radius 2 is 2.00 bits per heavy atom. The smallest absolute Gasteiger partial charge is 0.184 e. The van der Waals surface area contributed by atoms with Crippen molar-refractivity contribution in [3.8, 4) is 0 Å². The molecule has 1 rings (SSSR count). The summed E-state index contributed by atoms with van der Waals surface area (Å²) < 4.78 is 10.0. The second-order valence-electron chi connectivity index (χ2n) is 3.45. The van der Waals surface area contributed by atoms with E-state index in [-0.39, 0.29) is 12.6 Å². The van der Waals surface area contributed by atoms with Gasteiger partial charge in [-0.3, -0.25) is 0 Å². The van der Waals surface area contributed by atoms with Crippen molar-refractivity contribution in [1.29, 1.82) is 0 Å². The normalized spacial score (nSPS) is 41.1. The molecule has 0 aliphatic carbocycles. The van der Waals surface area contributed by atoms with E-state index >= 15 is 0 Å². The van der Waals surface area contributed by atoms with Gasteiger partial charge < -0.3 is 24.6 Å². The minimum Gasteiger partial charge on any atom is -0.389 e. The van der Waals surface area contributed by atoms with Crippen molar-refractivity contribution in [2.45, 2.75) is 24.5 Å². The van der Waals surface area contributed by atoms with Gasteiger partial charge in [-0.15, -0.1) is 0 Å². The SMILES string of the molecule is CO[C@H]1OC[C@H](O)[C@H](N(C)C)[C@H]1O. The second-order valence-corrected chi connectivity index (χ2v) is 3.45. The van der Waals surface area contributed by atoms with Gasteiger partial charge in [0.15, 0.2) is 6.29 Å². The summed E-state index contributed by atoms with van der Waals surface area (Å²) >= 11 is 0. The van der Waals surface area contributed by atoms with Crippen molar-refractivity contribution in [1.82, 2.24) is 4.90 Å². The van der Waals surface area contributed by atoms with Crippen molar-refractivity contribution in [2.75, 3.05) is 27.8 Å². The van der Waals surface area contributed by atoms with Crippen molar-refractivity contribution < 1.29 is 19.7 Å². The van der Waals surface area contributed by atoms with Crippen LogP contribution in [0.4, 0.5) is 0 Å². The highest BCUT2D eigenvalue weighted by Crippen LogP contribution is 2.19. The minimum atomic E-state index is -0.816. The molecule has 1 aliphatic rings. The second kappa shape index (κ2) is 4.34. The van der Waals surface area contributed by atoms with Crippen molar-refractivity contribution in [2.24, 2.45) is 0 Å². The lowest BCUT2D eigenvalue weighted by Crippen LogP contribution is -2.59. The zero-order chi connectivity index (χ0) is 10.0. The van der Waals surface area contributed by atoms with Gasteiger partial charge in [0.2, 0.25) is 0 Å². The number of hydrogen-bond donors (Lipinski definition) is 2. The number of ether oxygens (including phenoxy) is 2. The molecule has 5 nitrogen and oxygen atoms in total. The summed E-state index contributed by atoms with van der Waals surface area (Å²) in [7, 11) is 5.07. The van der Waals surface area contributed by atoms with E-state index in [0.29, 0.717) is 0 Å². The maximum atomic E-state index is 9.72. The summed E-state index contributed by atoms with van der Waals surface area (Å²) in [4.78, 5) is 1.77. The molecule has 0 aromatic rings. The molecule has 5 heteroatoms. The van der Waals surface area contributed by atoms with Gasteiger partial charge in [-0.2, -0.15) is 0 Å². The third-order valence-corrected chi connectivity index (χ3v) is 2.28. The molecule has 0 unspecified atom stereocenters.